The lowest BCUT2D eigenvalue weighted by Gasteiger charge is -2.07. The molecule has 1 amide bonds. The van der Waals surface area contributed by atoms with Crippen molar-refractivity contribution < 1.29 is 14.7 Å². The second-order valence-corrected chi connectivity index (χ2v) is 4.55. The Kier molecular flexibility index (Phi) is 3.49. The number of nitrogens with one attached hydrogen (secondary N) is 1. The molecular weight excluding hydrogens is 274 g/mol. The molecular formula is C14H13N3O4. The molecule has 6 N–H and O–H groups in total. The Hall–Kier alpha value is -3.09. The third kappa shape index (κ3) is 2.62. The summed E-state index contributed by atoms with van der Waals surface area (Å²) in [6, 6.07) is 5.44. The molecule has 0 atom stereocenters. The van der Waals surface area contributed by atoms with Gasteiger partial charge in [-0.1, -0.05) is 11.6 Å². The van der Waals surface area contributed by atoms with E-state index in [0.717, 1.165) is 11.6 Å². The van der Waals surface area contributed by atoms with Crippen LogP contribution in [0.1, 0.15) is 31.8 Å². The van der Waals surface area contributed by atoms with E-state index in [1.54, 1.807) is 13.0 Å². The number of carbonyl (C=O) groups is 2. The second kappa shape index (κ2) is 5.12. The molecule has 0 bridgehead atoms. The minimum absolute atomic E-state index is 0.0410. The second-order valence-electron chi connectivity index (χ2n) is 4.55. The first-order valence-corrected chi connectivity index (χ1v) is 5.98. The van der Waals surface area contributed by atoms with E-state index in [2.05, 4.69) is 4.98 Å². The summed E-state index contributed by atoms with van der Waals surface area (Å²) in [5.74, 6) is -2.06. The molecule has 0 fully saturated rings. The van der Waals surface area contributed by atoms with Gasteiger partial charge in [0.05, 0.1) is 16.7 Å². The smallest absolute Gasteiger partial charge is 0.260 e. The fourth-order valence-corrected chi connectivity index (χ4v) is 1.89. The molecule has 0 aliphatic carbocycles. The molecule has 1 aromatic heterocycles. The number of aromatic nitrogens is 1. The van der Waals surface area contributed by atoms with Gasteiger partial charge in [0.1, 0.15) is 11.6 Å². The van der Waals surface area contributed by atoms with E-state index < -0.39 is 17.2 Å². The van der Waals surface area contributed by atoms with Gasteiger partial charge in [0.15, 0.2) is 0 Å². The summed E-state index contributed by atoms with van der Waals surface area (Å²) in [5, 5.41) is 9.74. The van der Waals surface area contributed by atoms with E-state index in [0.29, 0.717) is 0 Å². The van der Waals surface area contributed by atoms with Gasteiger partial charge in [-0.25, -0.2) is 0 Å². The lowest BCUT2D eigenvalue weighted by Crippen LogP contribution is -2.24. The van der Waals surface area contributed by atoms with Crippen LogP contribution in [-0.2, 0) is 0 Å². The lowest BCUT2D eigenvalue weighted by atomic mass is 10.0. The largest absolute Gasteiger partial charge is 0.507 e. The minimum Gasteiger partial charge on any atom is -0.507 e. The Balaban J connectivity index is 2.64. The molecule has 1 aromatic carbocycles. The van der Waals surface area contributed by atoms with E-state index in [-0.39, 0.29) is 28.3 Å². The van der Waals surface area contributed by atoms with Crippen LogP contribution in [0.3, 0.4) is 0 Å². The standard InChI is InChI=1S/C14H13N3O4/c1-6-2-3-10(18)7(4-6)11(19)8-5-9(13(16)20)12(15)17-14(8)21/h2-5,18H,1H3,(H2,16,20)(H3,15,17,21). The van der Waals surface area contributed by atoms with Gasteiger partial charge in [0, 0.05) is 0 Å². The molecule has 0 saturated carbocycles. The van der Waals surface area contributed by atoms with Crippen molar-refractivity contribution >= 4 is 17.5 Å². The van der Waals surface area contributed by atoms with Crippen molar-refractivity contribution in [2.75, 3.05) is 5.73 Å². The van der Waals surface area contributed by atoms with Crippen molar-refractivity contribution in [2.24, 2.45) is 5.73 Å². The SMILES string of the molecule is Cc1ccc(O)c(C(=O)c2cc(C(N)=O)c(N)[nH]c2=O)c1. The van der Waals surface area contributed by atoms with Crippen LogP contribution in [0.2, 0.25) is 0 Å². The molecule has 0 unspecified atom stereocenters. The van der Waals surface area contributed by atoms with Gasteiger partial charge in [0.2, 0.25) is 5.78 Å². The van der Waals surface area contributed by atoms with E-state index in [1.807, 2.05) is 0 Å². The molecule has 21 heavy (non-hydrogen) atoms. The highest BCUT2D eigenvalue weighted by Gasteiger charge is 2.20. The molecule has 0 aliphatic heterocycles. The molecule has 0 aliphatic rings. The first-order chi connectivity index (χ1) is 9.81. The monoisotopic (exact) mass is 287 g/mol. The third-order valence-corrected chi connectivity index (χ3v) is 2.98. The van der Waals surface area contributed by atoms with E-state index in [9.17, 15) is 19.5 Å². The molecule has 0 saturated heterocycles. The number of carbonyl (C=O) groups excluding carboxylic acids is 2. The van der Waals surface area contributed by atoms with Crippen molar-refractivity contribution in [3.63, 3.8) is 0 Å². The summed E-state index contributed by atoms with van der Waals surface area (Å²) >= 11 is 0. The molecule has 7 heteroatoms. The number of phenolic OH excluding ortho intramolecular Hbond substituents is 1. The van der Waals surface area contributed by atoms with Crippen LogP contribution in [-0.4, -0.2) is 21.8 Å². The maximum absolute atomic E-state index is 12.4. The number of pyridine rings is 1. The lowest BCUT2D eigenvalue weighted by molar-refractivity contribution is 0.100. The quantitative estimate of drug-likeness (QED) is 0.601. The topological polar surface area (TPSA) is 139 Å². The molecule has 0 spiro atoms. The number of primary amides is 1. The summed E-state index contributed by atoms with van der Waals surface area (Å²) in [4.78, 5) is 37.6. The van der Waals surface area contributed by atoms with Crippen LogP contribution in [0.4, 0.5) is 5.82 Å². The van der Waals surface area contributed by atoms with Crippen molar-refractivity contribution in [1.82, 2.24) is 4.98 Å². The van der Waals surface area contributed by atoms with Gasteiger partial charge in [-0.05, 0) is 25.1 Å². The average molecular weight is 287 g/mol. The molecule has 7 nitrogen and oxygen atoms in total. The van der Waals surface area contributed by atoms with Crippen LogP contribution in [0.25, 0.3) is 0 Å². The zero-order valence-electron chi connectivity index (χ0n) is 11.1. The predicted molar refractivity (Wildman–Crippen MR) is 76.3 cm³/mol. The number of anilines is 1. The van der Waals surface area contributed by atoms with Crippen LogP contribution >= 0.6 is 0 Å². The zero-order chi connectivity index (χ0) is 15.7. The number of nitrogens with two attached hydrogens (primary N) is 2. The van der Waals surface area contributed by atoms with Crippen molar-refractivity contribution in [2.45, 2.75) is 6.92 Å². The molecule has 108 valence electrons. The Morgan fingerprint density at radius 3 is 2.43 bits per heavy atom. The van der Waals surface area contributed by atoms with Gasteiger partial charge in [0.25, 0.3) is 11.5 Å². The Morgan fingerprint density at radius 1 is 1.14 bits per heavy atom. The fourth-order valence-electron chi connectivity index (χ4n) is 1.89. The van der Waals surface area contributed by atoms with Crippen molar-refractivity contribution in [1.29, 1.82) is 0 Å². The highest BCUT2D eigenvalue weighted by atomic mass is 16.3. The number of hydrogen-bond acceptors (Lipinski definition) is 5. The van der Waals surface area contributed by atoms with Gasteiger partial charge >= 0.3 is 0 Å². The predicted octanol–water partition coefficient (Wildman–Crippen LogP) is 0.301. The molecule has 2 aromatic rings. The number of amides is 1. The molecule has 1 heterocycles. The normalized spacial score (nSPS) is 10.3. The van der Waals surface area contributed by atoms with Gasteiger partial charge in [-0.2, -0.15) is 0 Å². The molecule has 0 radical (unpaired) electrons. The number of benzene rings is 1. The van der Waals surface area contributed by atoms with Gasteiger partial charge < -0.3 is 21.6 Å². The highest BCUT2D eigenvalue weighted by molar-refractivity contribution is 6.12. The van der Waals surface area contributed by atoms with Crippen LogP contribution in [0, 0.1) is 6.92 Å². The van der Waals surface area contributed by atoms with E-state index in [4.69, 9.17) is 11.5 Å². The van der Waals surface area contributed by atoms with Crippen LogP contribution in [0.5, 0.6) is 5.75 Å². The third-order valence-electron chi connectivity index (χ3n) is 2.98. The number of phenols is 1. The number of ketones is 1. The highest BCUT2D eigenvalue weighted by Crippen LogP contribution is 2.21. The number of rotatable bonds is 3. The fraction of sp³-hybridized carbons (Fsp3) is 0.0714. The summed E-state index contributed by atoms with van der Waals surface area (Å²) in [6.45, 7) is 1.73. The van der Waals surface area contributed by atoms with Gasteiger partial charge in [-0.15, -0.1) is 0 Å². The first-order valence-electron chi connectivity index (χ1n) is 5.98. The van der Waals surface area contributed by atoms with E-state index >= 15 is 0 Å². The summed E-state index contributed by atoms with van der Waals surface area (Å²) in [7, 11) is 0. The number of aromatic amines is 1. The first kappa shape index (κ1) is 14.3. The number of H-pyrrole nitrogens is 1. The molecule has 2 rings (SSSR count). The van der Waals surface area contributed by atoms with Gasteiger partial charge in [-0.3, -0.25) is 14.4 Å². The number of nitrogen functional groups attached to an aromatic ring is 1. The van der Waals surface area contributed by atoms with Crippen molar-refractivity contribution in [3.8, 4) is 5.75 Å². The summed E-state index contributed by atoms with van der Waals surface area (Å²) in [6.07, 6.45) is 0. The van der Waals surface area contributed by atoms with E-state index in [1.165, 1.54) is 12.1 Å². The summed E-state index contributed by atoms with van der Waals surface area (Å²) in [5.41, 5.74) is 10.0. The number of aryl methyl sites for hydroxylation is 1. The average Bonchev–Trinajstić information content (AvgIpc) is 2.40. The minimum atomic E-state index is -0.869. The van der Waals surface area contributed by atoms with Crippen molar-refractivity contribution in [3.05, 3.63) is 56.9 Å². The zero-order valence-corrected chi connectivity index (χ0v) is 11.1. The Labute approximate surface area is 119 Å². The Bertz CT molecular complexity index is 808. The number of hydrogen-bond donors (Lipinski definition) is 4. The maximum atomic E-state index is 12.4. The van der Waals surface area contributed by atoms with Crippen LogP contribution < -0.4 is 17.0 Å². The number of aromatic hydroxyl groups is 1. The Morgan fingerprint density at radius 2 is 1.81 bits per heavy atom. The maximum Gasteiger partial charge on any atom is 0.260 e. The van der Waals surface area contributed by atoms with Crippen LogP contribution in [0.15, 0.2) is 29.1 Å². The summed E-state index contributed by atoms with van der Waals surface area (Å²) < 4.78 is 0.